The van der Waals surface area contributed by atoms with Gasteiger partial charge < -0.3 is 0 Å². The van der Waals surface area contributed by atoms with Gasteiger partial charge in [-0.05, 0) is 12.8 Å². The highest BCUT2D eigenvalue weighted by Gasteiger charge is 2.17. The average molecular weight is 108 g/mol. The van der Waals surface area contributed by atoms with Crippen molar-refractivity contribution in [3.05, 3.63) is 0 Å². The van der Waals surface area contributed by atoms with Crippen LogP contribution < -0.4 is 0 Å². The van der Waals surface area contributed by atoms with Gasteiger partial charge in [0, 0.05) is 11.8 Å². The maximum Gasteiger partial charge on any atom is 0.0203 e. The largest absolute Gasteiger partial charge is 0.100 e. The third-order valence-electron chi connectivity index (χ3n) is 1.15. The van der Waals surface area contributed by atoms with Crippen molar-refractivity contribution in [3.63, 3.8) is 0 Å². The summed E-state index contributed by atoms with van der Waals surface area (Å²) in [7, 11) is 0. The Morgan fingerprint density at radius 2 is 2.00 bits per heavy atom. The van der Waals surface area contributed by atoms with E-state index in [1.54, 1.807) is 0 Å². The van der Waals surface area contributed by atoms with Gasteiger partial charge in [0.05, 0.1) is 0 Å². The second-order valence-electron chi connectivity index (χ2n) is 2.72. The molecule has 0 amide bonds. The van der Waals surface area contributed by atoms with Gasteiger partial charge in [-0.25, -0.2) is 0 Å². The molecular formula is C8H12. The molecule has 0 heterocycles. The van der Waals surface area contributed by atoms with Crippen molar-refractivity contribution < 1.29 is 0 Å². The molecule has 0 unspecified atom stereocenters. The Labute approximate surface area is 51.3 Å². The van der Waals surface area contributed by atoms with Crippen LogP contribution in [0.4, 0.5) is 0 Å². The predicted octanol–water partition coefficient (Wildman–Crippen LogP) is 2.06. The highest BCUT2D eigenvalue weighted by atomic mass is 14.2. The lowest BCUT2D eigenvalue weighted by Gasteiger charge is -1.84. The Morgan fingerprint density at radius 1 is 1.38 bits per heavy atom. The van der Waals surface area contributed by atoms with E-state index in [1.807, 2.05) is 0 Å². The quantitative estimate of drug-likeness (QED) is 0.417. The topological polar surface area (TPSA) is 0 Å². The molecule has 44 valence electrons. The lowest BCUT2D eigenvalue weighted by Crippen LogP contribution is -1.77. The molecule has 0 aromatic heterocycles. The van der Waals surface area contributed by atoms with Gasteiger partial charge in [0.2, 0.25) is 0 Å². The fraction of sp³-hybridized carbons (Fsp3) is 0.750. The third kappa shape index (κ3) is 2.02. The highest BCUT2D eigenvalue weighted by Crippen LogP contribution is 2.27. The Bertz CT molecular complexity index is 113. The third-order valence-corrected chi connectivity index (χ3v) is 1.15. The van der Waals surface area contributed by atoms with E-state index >= 15 is 0 Å². The molecule has 0 aromatic carbocycles. The molecule has 0 bridgehead atoms. The van der Waals surface area contributed by atoms with Crippen LogP contribution in [0.1, 0.15) is 26.7 Å². The van der Waals surface area contributed by atoms with Crippen LogP contribution in [-0.4, -0.2) is 0 Å². The monoisotopic (exact) mass is 108 g/mol. The molecule has 8 heavy (non-hydrogen) atoms. The number of hydrogen-bond acceptors (Lipinski definition) is 0. The normalized spacial score (nSPS) is 17.9. The van der Waals surface area contributed by atoms with Crippen LogP contribution in [0.3, 0.4) is 0 Å². The maximum atomic E-state index is 3.21. The molecule has 1 aliphatic rings. The van der Waals surface area contributed by atoms with Crippen LogP contribution in [0.5, 0.6) is 0 Å². The van der Waals surface area contributed by atoms with Crippen molar-refractivity contribution in [1.82, 2.24) is 0 Å². The van der Waals surface area contributed by atoms with Gasteiger partial charge in [0.15, 0.2) is 0 Å². The van der Waals surface area contributed by atoms with E-state index in [1.165, 1.54) is 12.8 Å². The molecule has 0 nitrogen and oxygen atoms in total. The summed E-state index contributed by atoms with van der Waals surface area (Å²) >= 11 is 0. The minimum absolute atomic E-state index is 0.565. The van der Waals surface area contributed by atoms with E-state index in [0.717, 1.165) is 5.92 Å². The molecule has 0 radical (unpaired) electrons. The van der Waals surface area contributed by atoms with E-state index < -0.39 is 0 Å². The summed E-state index contributed by atoms with van der Waals surface area (Å²) in [6.45, 7) is 4.27. The second-order valence-corrected chi connectivity index (χ2v) is 2.72. The average Bonchev–Trinajstić information content (AvgIpc) is 2.41. The number of rotatable bonds is 0. The smallest absolute Gasteiger partial charge is 0.0203 e. The SMILES string of the molecule is CC(C)C#CC1CC1. The van der Waals surface area contributed by atoms with Gasteiger partial charge in [-0.1, -0.05) is 19.8 Å². The molecular weight excluding hydrogens is 96.1 g/mol. The first kappa shape index (κ1) is 5.69. The lowest BCUT2D eigenvalue weighted by molar-refractivity contribution is 0.863. The van der Waals surface area contributed by atoms with Gasteiger partial charge in [-0.3, -0.25) is 0 Å². The summed E-state index contributed by atoms with van der Waals surface area (Å²) in [5, 5.41) is 0. The Morgan fingerprint density at radius 3 is 2.38 bits per heavy atom. The summed E-state index contributed by atoms with van der Waals surface area (Å²) < 4.78 is 0. The van der Waals surface area contributed by atoms with Crippen LogP contribution in [0.15, 0.2) is 0 Å². The molecule has 0 heteroatoms. The predicted molar refractivity (Wildman–Crippen MR) is 35.3 cm³/mol. The van der Waals surface area contributed by atoms with E-state index in [9.17, 15) is 0 Å². The fourth-order valence-corrected chi connectivity index (χ4v) is 0.512. The van der Waals surface area contributed by atoms with Crippen LogP contribution in [-0.2, 0) is 0 Å². The van der Waals surface area contributed by atoms with Crippen molar-refractivity contribution >= 4 is 0 Å². The Balaban J connectivity index is 2.23. The van der Waals surface area contributed by atoms with E-state index in [-0.39, 0.29) is 0 Å². The van der Waals surface area contributed by atoms with Crippen LogP contribution in [0, 0.1) is 23.7 Å². The summed E-state index contributed by atoms with van der Waals surface area (Å²) in [5.41, 5.74) is 0. The summed E-state index contributed by atoms with van der Waals surface area (Å²) in [4.78, 5) is 0. The van der Waals surface area contributed by atoms with E-state index in [0.29, 0.717) is 5.92 Å². The van der Waals surface area contributed by atoms with Crippen LogP contribution in [0.2, 0.25) is 0 Å². The summed E-state index contributed by atoms with van der Waals surface area (Å²) in [5.74, 6) is 7.70. The first-order chi connectivity index (χ1) is 3.79. The molecule has 1 fully saturated rings. The van der Waals surface area contributed by atoms with E-state index in [4.69, 9.17) is 0 Å². The summed E-state index contributed by atoms with van der Waals surface area (Å²) in [6.07, 6.45) is 2.69. The minimum Gasteiger partial charge on any atom is -0.100 e. The fourth-order valence-electron chi connectivity index (χ4n) is 0.512. The number of hydrogen-bond donors (Lipinski definition) is 0. The molecule has 0 aromatic rings. The zero-order chi connectivity index (χ0) is 5.98. The van der Waals surface area contributed by atoms with Crippen molar-refractivity contribution in [2.24, 2.45) is 11.8 Å². The van der Waals surface area contributed by atoms with Crippen LogP contribution >= 0.6 is 0 Å². The molecule has 0 aliphatic heterocycles. The van der Waals surface area contributed by atoms with Gasteiger partial charge >= 0.3 is 0 Å². The molecule has 1 aliphatic carbocycles. The lowest BCUT2D eigenvalue weighted by atomic mass is 10.2. The van der Waals surface area contributed by atoms with Crippen molar-refractivity contribution in [3.8, 4) is 11.8 Å². The Kier molecular flexibility index (Phi) is 1.58. The molecule has 0 atom stereocenters. The first-order valence-corrected chi connectivity index (χ1v) is 3.30. The minimum atomic E-state index is 0.565. The summed E-state index contributed by atoms with van der Waals surface area (Å²) in [6, 6.07) is 0. The standard InChI is InChI=1S/C8H12/c1-7(2)3-4-8-5-6-8/h7-8H,5-6H2,1-2H3. The second kappa shape index (κ2) is 2.22. The van der Waals surface area contributed by atoms with Gasteiger partial charge in [0.1, 0.15) is 0 Å². The van der Waals surface area contributed by atoms with Crippen molar-refractivity contribution in [1.29, 1.82) is 0 Å². The highest BCUT2D eigenvalue weighted by molar-refractivity contribution is 5.10. The van der Waals surface area contributed by atoms with Crippen molar-refractivity contribution in [2.75, 3.05) is 0 Å². The van der Waals surface area contributed by atoms with Gasteiger partial charge in [-0.15, -0.1) is 5.92 Å². The zero-order valence-electron chi connectivity index (χ0n) is 5.57. The van der Waals surface area contributed by atoms with E-state index in [2.05, 4.69) is 25.7 Å². The van der Waals surface area contributed by atoms with Crippen LogP contribution in [0.25, 0.3) is 0 Å². The molecule has 1 saturated carbocycles. The molecule has 0 saturated heterocycles. The zero-order valence-corrected chi connectivity index (χ0v) is 5.57. The maximum absolute atomic E-state index is 3.21. The molecule has 0 spiro atoms. The molecule has 0 N–H and O–H groups in total. The van der Waals surface area contributed by atoms with Crippen molar-refractivity contribution in [2.45, 2.75) is 26.7 Å². The molecule has 1 rings (SSSR count). The first-order valence-electron chi connectivity index (χ1n) is 3.30. The van der Waals surface area contributed by atoms with Gasteiger partial charge in [-0.2, -0.15) is 0 Å². The van der Waals surface area contributed by atoms with Gasteiger partial charge in [0.25, 0.3) is 0 Å². The Hall–Kier alpha value is -0.440.